The minimum Gasteiger partial charge on any atom is -0.436 e. The second-order valence-electron chi connectivity index (χ2n) is 3.56. The van der Waals surface area contributed by atoms with Gasteiger partial charge in [-0.25, -0.2) is 13.8 Å². The average molecular weight is 230 g/mol. The van der Waals surface area contributed by atoms with Crippen molar-refractivity contribution in [3.63, 3.8) is 0 Å². The van der Waals surface area contributed by atoms with Gasteiger partial charge in [-0.3, -0.25) is 0 Å². The van der Waals surface area contributed by atoms with Crippen molar-refractivity contribution in [1.29, 1.82) is 0 Å². The van der Waals surface area contributed by atoms with Crippen LogP contribution in [0.1, 0.15) is 0 Å². The Morgan fingerprint density at radius 3 is 2.82 bits per heavy atom. The molecule has 0 aliphatic rings. The van der Waals surface area contributed by atoms with Crippen LogP contribution in [0.5, 0.6) is 0 Å². The van der Waals surface area contributed by atoms with Crippen molar-refractivity contribution in [2.24, 2.45) is 0 Å². The van der Waals surface area contributed by atoms with Gasteiger partial charge < -0.3 is 4.42 Å². The van der Waals surface area contributed by atoms with Crippen LogP contribution in [0.25, 0.3) is 22.6 Å². The SMILES string of the molecule is Fc1[c]ccc(-c2nc3ccc(F)cc3o2)c1. The summed E-state index contributed by atoms with van der Waals surface area (Å²) >= 11 is 0. The van der Waals surface area contributed by atoms with E-state index in [1.165, 1.54) is 30.3 Å². The minimum absolute atomic E-state index is 0.263. The van der Waals surface area contributed by atoms with E-state index in [0.717, 1.165) is 0 Å². The maximum absolute atomic E-state index is 13.0. The van der Waals surface area contributed by atoms with Crippen molar-refractivity contribution < 1.29 is 13.2 Å². The summed E-state index contributed by atoms with van der Waals surface area (Å²) in [5, 5.41) is 0. The Labute approximate surface area is 95.5 Å². The molecule has 0 fully saturated rings. The Hall–Kier alpha value is -2.23. The number of rotatable bonds is 1. The fourth-order valence-corrected chi connectivity index (χ4v) is 1.59. The Morgan fingerprint density at radius 1 is 1.12 bits per heavy atom. The Balaban J connectivity index is 2.18. The molecule has 2 aromatic carbocycles. The summed E-state index contributed by atoms with van der Waals surface area (Å²) in [4.78, 5) is 4.15. The normalized spacial score (nSPS) is 10.9. The van der Waals surface area contributed by atoms with Crippen LogP contribution in [0.4, 0.5) is 8.78 Å². The predicted molar refractivity (Wildman–Crippen MR) is 58.2 cm³/mol. The predicted octanol–water partition coefficient (Wildman–Crippen LogP) is 3.57. The lowest BCUT2D eigenvalue weighted by Gasteiger charge is -1.93. The van der Waals surface area contributed by atoms with Gasteiger partial charge in [0.05, 0.1) is 0 Å². The van der Waals surface area contributed by atoms with E-state index >= 15 is 0 Å². The highest BCUT2D eigenvalue weighted by molar-refractivity contribution is 5.76. The summed E-state index contributed by atoms with van der Waals surface area (Å²) in [6, 6.07) is 10.8. The summed E-state index contributed by atoms with van der Waals surface area (Å²) in [7, 11) is 0. The quantitative estimate of drug-likeness (QED) is 0.638. The van der Waals surface area contributed by atoms with Crippen LogP contribution in [-0.2, 0) is 0 Å². The lowest BCUT2D eigenvalue weighted by atomic mass is 10.2. The van der Waals surface area contributed by atoms with E-state index in [1.807, 2.05) is 0 Å². The van der Waals surface area contributed by atoms with E-state index in [2.05, 4.69) is 11.1 Å². The van der Waals surface area contributed by atoms with Crippen LogP contribution in [-0.4, -0.2) is 4.98 Å². The van der Waals surface area contributed by atoms with Gasteiger partial charge in [-0.15, -0.1) is 0 Å². The summed E-state index contributed by atoms with van der Waals surface area (Å²) in [5.74, 6) is -0.623. The van der Waals surface area contributed by atoms with Gasteiger partial charge in [0, 0.05) is 17.7 Å². The fourth-order valence-electron chi connectivity index (χ4n) is 1.59. The monoisotopic (exact) mass is 230 g/mol. The van der Waals surface area contributed by atoms with Crippen LogP contribution < -0.4 is 0 Å². The molecule has 4 heteroatoms. The highest BCUT2D eigenvalue weighted by Crippen LogP contribution is 2.24. The highest BCUT2D eigenvalue weighted by atomic mass is 19.1. The van der Waals surface area contributed by atoms with Crippen molar-refractivity contribution in [2.45, 2.75) is 0 Å². The van der Waals surface area contributed by atoms with Crippen LogP contribution >= 0.6 is 0 Å². The fraction of sp³-hybridized carbons (Fsp3) is 0. The van der Waals surface area contributed by atoms with Gasteiger partial charge in [0.25, 0.3) is 0 Å². The zero-order valence-electron chi connectivity index (χ0n) is 8.58. The number of benzene rings is 2. The van der Waals surface area contributed by atoms with E-state index in [0.29, 0.717) is 16.7 Å². The smallest absolute Gasteiger partial charge is 0.227 e. The molecule has 83 valence electrons. The van der Waals surface area contributed by atoms with Crippen LogP contribution in [0, 0.1) is 17.7 Å². The molecular weight excluding hydrogens is 224 g/mol. The van der Waals surface area contributed by atoms with Crippen LogP contribution in [0.2, 0.25) is 0 Å². The zero-order chi connectivity index (χ0) is 11.8. The standard InChI is InChI=1S/C13H6F2NO/c14-9-3-1-2-8(6-9)13-16-11-5-4-10(15)7-12(11)17-13/h1-2,4-7H. The third kappa shape index (κ3) is 1.78. The Bertz CT molecular complexity index is 691. The van der Waals surface area contributed by atoms with Gasteiger partial charge in [0.2, 0.25) is 5.89 Å². The first-order chi connectivity index (χ1) is 8.22. The molecule has 0 unspecified atom stereocenters. The Morgan fingerprint density at radius 2 is 2.00 bits per heavy atom. The molecule has 0 saturated carbocycles. The first kappa shape index (κ1) is 9.96. The number of hydrogen-bond acceptors (Lipinski definition) is 2. The molecule has 17 heavy (non-hydrogen) atoms. The van der Waals surface area contributed by atoms with Gasteiger partial charge in [0.1, 0.15) is 17.2 Å². The van der Waals surface area contributed by atoms with Gasteiger partial charge in [0.15, 0.2) is 5.58 Å². The maximum Gasteiger partial charge on any atom is 0.227 e. The number of hydrogen-bond donors (Lipinski definition) is 0. The lowest BCUT2D eigenvalue weighted by Crippen LogP contribution is -1.79. The van der Waals surface area contributed by atoms with E-state index in [1.54, 1.807) is 6.07 Å². The van der Waals surface area contributed by atoms with Crippen molar-refractivity contribution >= 4 is 11.1 Å². The van der Waals surface area contributed by atoms with Gasteiger partial charge in [-0.05, 0) is 24.3 Å². The molecule has 2 nitrogen and oxygen atoms in total. The van der Waals surface area contributed by atoms with Gasteiger partial charge in [-0.2, -0.15) is 0 Å². The van der Waals surface area contributed by atoms with E-state index < -0.39 is 11.6 Å². The number of oxazole rings is 1. The van der Waals surface area contributed by atoms with E-state index in [4.69, 9.17) is 4.42 Å². The molecule has 0 saturated heterocycles. The first-order valence-corrected chi connectivity index (χ1v) is 4.96. The molecule has 1 heterocycles. The topological polar surface area (TPSA) is 26.0 Å². The highest BCUT2D eigenvalue weighted by Gasteiger charge is 2.09. The third-order valence-electron chi connectivity index (χ3n) is 2.36. The number of nitrogens with zero attached hydrogens (tertiary/aromatic N) is 1. The molecule has 3 rings (SSSR count). The molecule has 0 aliphatic heterocycles. The molecule has 1 aromatic heterocycles. The van der Waals surface area contributed by atoms with Crippen molar-refractivity contribution in [1.82, 2.24) is 4.98 Å². The zero-order valence-corrected chi connectivity index (χ0v) is 8.58. The molecule has 0 aliphatic carbocycles. The van der Waals surface area contributed by atoms with Crippen LogP contribution in [0.3, 0.4) is 0 Å². The van der Waals surface area contributed by atoms with Gasteiger partial charge >= 0.3 is 0 Å². The number of fused-ring (bicyclic) bond motifs is 1. The average Bonchev–Trinajstić information content (AvgIpc) is 2.72. The maximum atomic E-state index is 13.0. The molecule has 0 amide bonds. The Kier molecular flexibility index (Phi) is 2.14. The van der Waals surface area contributed by atoms with Crippen molar-refractivity contribution in [3.05, 3.63) is 54.1 Å². The summed E-state index contributed by atoms with van der Waals surface area (Å²) in [5.41, 5.74) is 1.38. The van der Waals surface area contributed by atoms with Crippen LogP contribution in [0.15, 0.2) is 40.8 Å². The van der Waals surface area contributed by atoms with Crippen molar-refractivity contribution in [2.75, 3.05) is 0 Å². The molecular formula is C13H6F2NO. The number of aromatic nitrogens is 1. The second kappa shape index (κ2) is 3.66. The molecule has 0 N–H and O–H groups in total. The number of halogens is 2. The summed E-state index contributed by atoms with van der Waals surface area (Å²) in [6.07, 6.45) is 0. The van der Waals surface area contributed by atoms with Gasteiger partial charge in [-0.1, -0.05) is 6.07 Å². The van der Waals surface area contributed by atoms with E-state index in [9.17, 15) is 8.78 Å². The molecule has 0 atom stereocenters. The second-order valence-corrected chi connectivity index (χ2v) is 3.56. The van der Waals surface area contributed by atoms with Crippen molar-refractivity contribution in [3.8, 4) is 11.5 Å². The summed E-state index contributed by atoms with van der Waals surface area (Å²) < 4.78 is 31.3. The van der Waals surface area contributed by atoms with E-state index in [-0.39, 0.29) is 5.89 Å². The first-order valence-electron chi connectivity index (χ1n) is 4.96. The lowest BCUT2D eigenvalue weighted by molar-refractivity contribution is 0.599. The molecule has 0 bridgehead atoms. The molecule has 3 aromatic rings. The largest absolute Gasteiger partial charge is 0.436 e. The minimum atomic E-state index is -0.490. The molecule has 1 radical (unpaired) electrons. The molecule has 0 spiro atoms. The summed E-state index contributed by atoms with van der Waals surface area (Å²) in [6.45, 7) is 0. The third-order valence-corrected chi connectivity index (χ3v) is 2.36.